The second kappa shape index (κ2) is 6.49. The number of aliphatic hydroxyl groups excluding tert-OH is 1. The summed E-state index contributed by atoms with van der Waals surface area (Å²) in [6.45, 7) is 2.70. The van der Waals surface area contributed by atoms with E-state index in [9.17, 15) is 9.90 Å². The smallest absolute Gasteiger partial charge is 0.340 e. The molecule has 0 amide bonds. The highest BCUT2D eigenvalue weighted by Crippen LogP contribution is 2.26. The summed E-state index contributed by atoms with van der Waals surface area (Å²) in [6, 6.07) is 5.55. The number of ether oxygens (including phenoxy) is 1. The van der Waals surface area contributed by atoms with Gasteiger partial charge in [-0.15, -0.1) is 0 Å². The van der Waals surface area contributed by atoms with Crippen LogP contribution in [0.4, 0.5) is 0 Å². The Hall–Kier alpha value is -2.87. The Labute approximate surface area is 131 Å². The molecule has 8 nitrogen and oxygen atoms in total. The van der Waals surface area contributed by atoms with Crippen LogP contribution in [0.25, 0.3) is 11.4 Å². The highest BCUT2D eigenvalue weighted by atomic mass is 16.5. The summed E-state index contributed by atoms with van der Waals surface area (Å²) in [7, 11) is 0. The van der Waals surface area contributed by atoms with Crippen molar-refractivity contribution in [3.63, 3.8) is 0 Å². The molecule has 0 unspecified atom stereocenters. The summed E-state index contributed by atoms with van der Waals surface area (Å²) in [4.78, 5) is 18.1. The number of nitrogens with one attached hydrogen (secondary N) is 2. The van der Waals surface area contributed by atoms with Crippen molar-refractivity contribution >= 4 is 0 Å². The molecule has 3 aromatic rings. The number of aromatic amines is 2. The van der Waals surface area contributed by atoms with E-state index in [-0.39, 0.29) is 12.3 Å². The van der Waals surface area contributed by atoms with Crippen molar-refractivity contribution in [2.24, 2.45) is 0 Å². The zero-order valence-electron chi connectivity index (χ0n) is 12.6. The predicted molar refractivity (Wildman–Crippen MR) is 83.1 cm³/mol. The molecule has 2 aromatic heterocycles. The number of nitrogens with zero attached hydrogens (tertiary/aromatic N) is 3. The van der Waals surface area contributed by atoms with Crippen molar-refractivity contribution in [1.82, 2.24) is 24.7 Å². The third kappa shape index (κ3) is 3.16. The molecule has 120 valence electrons. The third-order valence-electron chi connectivity index (χ3n) is 3.37. The Bertz CT molecular complexity index is 849. The zero-order chi connectivity index (χ0) is 16.2. The van der Waals surface area contributed by atoms with Gasteiger partial charge in [0.1, 0.15) is 11.6 Å². The van der Waals surface area contributed by atoms with Crippen molar-refractivity contribution in [2.45, 2.75) is 20.1 Å². The van der Waals surface area contributed by atoms with Crippen molar-refractivity contribution < 1.29 is 9.84 Å². The first-order valence-electron chi connectivity index (χ1n) is 7.23. The molecule has 0 saturated carbocycles. The Morgan fingerprint density at radius 1 is 1.39 bits per heavy atom. The molecule has 2 heterocycles. The van der Waals surface area contributed by atoms with Crippen LogP contribution < -0.4 is 10.4 Å². The topological polar surface area (TPSA) is 109 Å². The van der Waals surface area contributed by atoms with E-state index in [2.05, 4.69) is 20.2 Å². The maximum Gasteiger partial charge on any atom is 0.340 e. The monoisotopic (exact) mass is 315 g/mol. The first-order chi connectivity index (χ1) is 11.2. The first kappa shape index (κ1) is 15.0. The maximum atomic E-state index is 11.1. The first-order valence-corrected chi connectivity index (χ1v) is 7.23. The van der Waals surface area contributed by atoms with Crippen LogP contribution in [0, 0.1) is 0 Å². The largest absolute Gasteiger partial charge is 0.494 e. The quantitative estimate of drug-likeness (QED) is 0.626. The van der Waals surface area contributed by atoms with Gasteiger partial charge in [0, 0.05) is 23.5 Å². The lowest BCUT2D eigenvalue weighted by Crippen LogP contribution is -2.05. The summed E-state index contributed by atoms with van der Waals surface area (Å²) < 4.78 is 7.35. The maximum absolute atomic E-state index is 11.1. The summed E-state index contributed by atoms with van der Waals surface area (Å²) in [5.74, 6) is 1.89. The number of hydrogen-bond donors (Lipinski definition) is 3. The normalized spacial score (nSPS) is 10.9. The second-order valence-corrected chi connectivity index (χ2v) is 4.92. The van der Waals surface area contributed by atoms with Gasteiger partial charge in [0.2, 0.25) is 0 Å². The van der Waals surface area contributed by atoms with Gasteiger partial charge in [-0.25, -0.2) is 14.9 Å². The molecule has 0 bridgehead atoms. The van der Waals surface area contributed by atoms with Crippen LogP contribution in [-0.4, -0.2) is 36.4 Å². The van der Waals surface area contributed by atoms with Crippen LogP contribution in [-0.2, 0) is 13.2 Å². The van der Waals surface area contributed by atoms with E-state index in [4.69, 9.17) is 4.74 Å². The van der Waals surface area contributed by atoms with E-state index in [1.54, 1.807) is 12.4 Å². The van der Waals surface area contributed by atoms with Crippen molar-refractivity contribution in [1.29, 1.82) is 0 Å². The highest BCUT2D eigenvalue weighted by Gasteiger charge is 2.11. The summed E-state index contributed by atoms with van der Waals surface area (Å²) in [5, 5.41) is 15.7. The number of aromatic nitrogens is 5. The number of hydrogen-bond acceptors (Lipinski definition) is 5. The van der Waals surface area contributed by atoms with Gasteiger partial charge in [-0.05, 0) is 25.1 Å². The molecule has 0 spiro atoms. The molecule has 0 saturated heterocycles. The molecule has 0 radical (unpaired) electrons. The van der Waals surface area contributed by atoms with Crippen LogP contribution in [0.15, 0.2) is 35.4 Å². The molecule has 0 fully saturated rings. The minimum absolute atomic E-state index is 0.115. The standard InChI is InChI=1S/C15H17N5O3/c1-2-23-12-4-3-10(7-11(12)9-21)14-16-5-6-20(14)8-13-17-15(22)19-18-13/h3-7,21H,2,8-9H2,1H3,(H2,17,18,19,22). The van der Waals surface area contributed by atoms with Crippen LogP contribution in [0.1, 0.15) is 18.3 Å². The van der Waals surface area contributed by atoms with E-state index in [0.29, 0.717) is 36.1 Å². The van der Waals surface area contributed by atoms with Crippen molar-refractivity contribution in [2.75, 3.05) is 6.61 Å². The zero-order valence-corrected chi connectivity index (χ0v) is 12.6. The lowest BCUT2D eigenvalue weighted by molar-refractivity contribution is 0.267. The van der Waals surface area contributed by atoms with Gasteiger partial charge in [-0.1, -0.05) is 0 Å². The third-order valence-corrected chi connectivity index (χ3v) is 3.37. The van der Waals surface area contributed by atoms with Gasteiger partial charge in [0.25, 0.3) is 0 Å². The van der Waals surface area contributed by atoms with E-state index >= 15 is 0 Å². The van der Waals surface area contributed by atoms with E-state index in [1.807, 2.05) is 29.7 Å². The number of H-pyrrole nitrogens is 2. The van der Waals surface area contributed by atoms with E-state index < -0.39 is 0 Å². The fourth-order valence-corrected chi connectivity index (χ4v) is 2.38. The van der Waals surface area contributed by atoms with E-state index in [1.165, 1.54) is 0 Å². The lowest BCUT2D eigenvalue weighted by atomic mass is 10.1. The molecule has 3 N–H and O–H groups in total. The Balaban J connectivity index is 1.93. The average molecular weight is 315 g/mol. The minimum Gasteiger partial charge on any atom is -0.494 e. The highest BCUT2D eigenvalue weighted by molar-refractivity contribution is 5.59. The summed E-state index contributed by atoms with van der Waals surface area (Å²) >= 11 is 0. The van der Waals surface area contributed by atoms with Crippen LogP contribution in [0.3, 0.4) is 0 Å². The van der Waals surface area contributed by atoms with Gasteiger partial charge in [0.05, 0.1) is 19.8 Å². The molecule has 0 aliphatic carbocycles. The van der Waals surface area contributed by atoms with Crippen LogP contribution >= 0.6 is 0 Å². The lowest BCUT2D eigenvalue weighted by Gasteiger charge is -2.11. The Morgan fingerprint density at radius 2 is 2.26 bits per heavy atom. The summed E-state index contributed by atoms with van der Waals surface area (Å²) in [6.07, 6.45) is 3.48. The minimum atomic E-state index is -0.342. The molecule has 0 aliphatic rings. The Kier molecular flexibility index (Phi) is 4.24. The molecule has 3 rings (SSSR count). The number of aliphatic hydroxyl groups is 1. The molecule has 0 aliphatic heterocycles. The molecule has 23 heavy (non-hydrogen) atoms. The molecular formula is C15H17N5O3. The van der Waals surface area contributed by atoms with Crippen molar-refractivity contribution in [3.8, 4) is 17.1 Å². The van der Waals surface area contributed by atoms with Gasteiger partial charge in [0.15, 0.2) is 5.82 Å². The summed E-state index contributed by atoms with van der Waals surface area (Å²) in [5.41, 5.74) is 1.21. The SMILES string of the molecule is CCOc1ccc(-c2nccn2Cc2n[nH]c(=O)[nH]2)cc1CO. The number of imidazole rings is 1. The van der Waals surface area contributed by atoms with Gasteiger partial charge >= 0.3 is 5.69 Å². The van der Waals surface area contributed by atoms with E-state index in [0.717, 1.165) is 5.56 Å². The predicted octanol–water partition coefficient (Wildman–Crippen LogP) is 0.901. The fraction of sp³-hybridized carbons (Fsp3) is 0.267. The number of rotatable bonds is 6. The van der Waals surface area contributed by atoms with Gasteiger partial charge in [-0.3, -0.25) is 4.98 Å². The molecule has 8 heteroatoms. The molecular weight excluding hydrogens is 298 g/mol. The Morgan fingerprint density at radius 3 is 2.96 bits per heavy atom. The van der Waals surface area contributed by atoms with Gasteiger partial charge in [-0.2, -0.15) is 5.10 Å². The van der Waals surface area contributed by atoms with Crippen LogP contribution in [0.5, 0.6) is 5.75 Å². The molecule has 0 atom stereocenters. The van der Waals surface area contributed by atoms with Crippen molar-refractivity contribution in [3.05, 3.63) is 52.5 Å². The fourth-order valence-electron chi connectivity index (χ4n) is 2.38. The molecule has 1 aromatic carbocycles. The van der Waals surface area contributed by atoms with Gasteiger partial charge < -0.3 is 14.4 Å². The van der Waals surface area contributed by atoms with Crippen LogP contribution in [0.2, 0.25) is 0 Å². The number of benzene rings is 1. The second-order valence-electron chi connectivity index (χ2n) is 4.92. The average Bonchev–Trinajstić information content (AvgIpc) is 3.17.